The first-order valence-corrected chi connectivity index (χ1v) is 8.13. The summed E-state index contributed by atoms with van der Waals surface area (Å²) in [6, 6.07) is 9.53. The topological polar surface area (TPSA) is 88.3 Å². The van der Waals surface area contributed by atoms with Crippen molar-refractivity contribution in [1.82, 2.24) is 19.7 Å². The number of nitrogens with zero attached hydrogens (tertiary/aromatic N) is 4. The highest BCUT2D eigenvalue weighted by atomic mass is 16.4. The summed E-state index contributed by atoms with van der Waals surface area (Å²) in [4.78, 5) is 29.8. The Morgan fingerprint density at radius 2 is 2.04 bits per heavy atom. The number of piperidine rings is 1. The van der Waals surface area contributed by atoms with E-state index < -0.39 is 11.9 Å². The van der Waals surface area contributed by atoms with Gasteiger partial charge < -0.3 is 10.0 Å². The van der Waals surface area contributed by atoms with E-state index >= 15 is 0 Å². The number of aromatic nitrogens is 3. The van der Waals surface area contributed by atoms with Crippen LogP contribution < -0.4 is 0 Å². The second-order valence-electron chi connectivity index (χ2n) is 5.88. The van der Waals surface area contributed by atoms with Crippen molar-refractivity contribution in [2.24, 2.45) is 5.92 Å². The Morgan fingerprint density at radius 1 is 1.29 bits per heavy atom. The number of aryl methyl sites for hydroxylation is 1. The number of amides is 1. The molecular formula is C17H20N4O3. The molecule has 1 aromatic heterocycles. The van der Waals surface area contributed by atoms with Crippen molar-refractivity contribution >= 4 is 11.9 Å². The van der Waals surface area contributed by atoms with Crippen molar-refractivity contribution in [3.63, 3.8) is 0 Å². The molecule has 0 bridgehead atoms. The van der Waals surface area contributed by atoms with Crippen LogP contribution in [0.25, 0.3) is 5.69 Å². The fourth-order valence-electron chi connectivity index (χ4n) is 2.94. The molecule has 1 atom stereocenters. The van der Waals surface area contributed by atoms with Gasteiger partial charge in [0.2, 0.25) is 5.82 Å². The number of hydrogen-bond donors (Lipinski definition) is 1. The molecule has 2 aromatic rings. The lowest BCUT2D eigenvalue weighted by molar-refractivity contribution is -0.143. The van der Waals surface area contributed by atoms with Gasteiger partial charge in [-0.25, -0.2) is 9.67 Å². The number of carbonyl (C=O) groups excluding carboxylic acids is 1. The van der Waals surface area contributed by atoms with E-state index in [1.807, 2.05) is 37.3 Å². The fourth-order valence-corrected chi connectivity index (χ4v) is 2.94. The number of carbonyl (C=O) groups is 2. The molecule has 1 aromatic carbocycles. The number of rotatable bonds is 4. The Balaban J connectivity index is 1.86. The lowest BCUT2D eigenvalue weighted by Crippen LogP contribution is -2.42. The first kappa shape index (κ1) is 16.2. The molecule has 0 saturated carbocycles. The van der Waals surface area contributed by atoms with Crippen LogP contribution in [0.3, 0.4) is 0 Å². The van der Waals surface area contributed by atoms with Gasteiger partial charge in [0.1, 0.15) is 5.82 Å². The molecule has 1 amide bonds. The van der Waals surface area contributed by atoms with Crippen LogP contribution >= 0.6 is 0 Å². The van der Waals surface area contributed by atoms with Gasteiger partial charge in [-0.3, -0.25) is 9.59 Å². The van der Waals surface area contributed by atoms with Crippen LogP contribution in [0.4, 0.5) is 0 Å². The second kappa shape index (κ2) is 6.82. The van der Waals surface area contributed by atoms with Crippen molar-refractivity contribution in [2.75, 3.05) is 13.1 Å². The van der Waals surface area contributed by atoms with Crippen molar-refractivity contribution < 1.29 is 14.7 Å². The molecule has 0 aliphatic carbocycles. The molecule has 1 saturated heterocycles. The molecule has 2 heterocycles. The summed E-state index contributed by atoms with van der Waals surface area (Å²) >= 11 is 0. The number of aliphatic carboxylic acids is 1. The number of carboxylic acid groups (broad SMARTS) is 1. The summed E-state index contributed by atoms with van der Waals surface area (Å²) in [7, 11) is 0. The molecule has 126 valence electrons. The summed E-state index contributed by atoms with van der Waals surface area (Å²) in [5.74, 6) is -0.836. The van der Waals surface area contributed by atoms with Gasteiger partial charge in [-0.15, -0.1) is 5.10 Å². The van der Waals surface area contributed by atoms with Crippen molar-refractivity contribution in [3.8, 4) is 5.69 Å². The van der Waals surface area contributed by atoms with Crippen LogP contribution in [0.1, 0.15) is 36.2 Å². The number of likely N-dealkylation sites (tertiary alicyclic amines) is 1. The lowest BCUT2D eigenvalue weighted by atomic mass is 9.98. The van der Waals surface area contributed by atoms with Gasteiger partial charge in [0.25, 0.3) is 5.91 Å². The number of benzene rings is 1. The zero-order valence-corrected chi connectivity index (χ0v) is 13.6. The van der Waals surface area contributed by atoms with E-state index in [-0.39, 0.29) is 18.3 Å². The maximum absolute atomic E-state index is 12.7. The van der Waals surface area contributed by atoms with Crippen LogP contribution in [0.5, 0.6) is 0 Å². The van der Waals surface area contributed by atoms with Gasteiger partial charge in [0, 0.05) is 19.5 Å². The fraction of sp³-hybridized carbons (Fsp3) is 0.412. The van der Waals surface area contributed by atoms with Crippen LogP contribution in [-0.2, 0) is 11.2 Å². The lowest BCUT2D eigenvalue weighted by Gasteiger charge is -2.29. The standard InChI is InChI=1S/C17H20N4O3/c1-2-14-18-15(19-21(14)13-8-4-3-5-9-13)16(22)20-10-6-7-12(11-20)17(23)24/h3-5,8-9,12H,2,6-7,10-11H2,1H3,(H,23,24). The van der Waals surface area contributed by atoms with E-state index in [9.17, 15) is 14.7 Å². The molecule has 1 unspecified atom stereocenters. The minimum atomic E-state index is -0.857. The molecule has 7 heteroatoms. The first-order chi connectivity index (χ1) is 11.6. The van der Waals surface area contributed by atoms with E-state index in [0.717, 1.165) is 5.69 Å². The van der Waals surface area contributed by atoms with E-state index in [1.165, 1.54) is 0 Å². The molecule has 1 aliphatic heterocycles. The van der Waals surface area contributed by atoms with Crippen LogP contribution in [0.15, 0.2) is 30.3 Å². The van der Waals surface area contributed by atoms with Gasteiger partial charge >= 0.3 is 5.97 Å². The maximum Gasteiger partial charge on any atom is 0.308 e. The van der Waals surface area contributed by atoms with Gasteiger partial charge in [-0.1, -0.05) is 25.1 Å². The molecular weight excluding hydrogens is 308 g/mol. The van der Waals surface area contributed by atoms with E-state index in [2.05, 4.69) is 10.1 Å². The average molecular weight is 328 g/mol. The third kappa shape index (κ3) is 3.15. The third-order valence-corrected chi connectivity index (χ3v) is 4.24. The quantitative estimate of drug-likeness (QED) is 0.924. The molecule has 3 rings (SSSR count). The minimum Gasteiger partial charge on any atom is -0.481 e. The summed E-state index contributed by atoms with van der Waals surface area (Å²) in [5.41, 5.74) is 0.850. The Bertz CT molecular complexity index is 742. The molecule has 0 spiro atoms. The summed E-state index contributed by atoms with van der Waals surface area (Å²) in [6.07, 6.45) is 1.93. The highest BCUT2D eigenvalue weighted by molar-refractivity contribution is 5.91. The SMILES string of the molecule is CCc1nc(C(=O)N2CCCC(C(=O)O)C2)nn1-c1ccccc1. The average Bonchev–Trinajstić information content (AvgIpc) is 3.06. The smallest absolute Gasteiger partial charge is 0.308 e. The van der Waals surface area contributed by atoms with Gasteiger partial charge in [-0.05, 0) is 25.0 Å². The number of para-hydroxylation sites is 1. The molecule has 1 N–H and O–H groups in total. The van der Waals surface area contributed by atoms with Crippen LogP contribution in [0, 0.1) is 5.92 Å². The summed E-state index contributed by atoms with van der Waals surface area (Å²) in [5, 5.41) is 13.5. The third-order valence-electron chi connectivity index (χ3n) is 4.24. The highest BCUT2D eigenvalue weighted by Crippen LogP contribution is 2.19. The second-order valence-corrected chi connectivity index (χ2v) is 5.88. The molecule has 0 radical (unpaired) electrons. The van der Waals surface area contributed by atoms with Gasteiger partial charge in [0.05, 0.1) is 11.6 Å². The number of carboxylic acids is 1. The van der Waals surface area contributed by atoms with Crippen molar-refractivity contribution in [3.05, 3.63) is 42.0 Å². The van der Waals surface area contributed by atoms with Crippen LogP contribution in [-0.4, -0.2) is 49.7 Å². The van der Waals surface area contributed by atoms with E-state index in [4.69, 9.17) is 0 Å². The van der Waals surface area contributed by atoms with E-state index in [1.54, 1.807) is 9.58 Å². The van der Waals surface area contributed by atoms with E-state index in [0.29, 0.717) is 31.6 Å². The zero-order chi connectivity index (χ0) is 17.1. The minimum absolute atomic E-state index is 0.127. The van der Waals surface area contributed by atoms with Crippen molar-refractivity contribution in [1.29, 1.82) is 0 Å². The molecule has 24 heavy (non-hydrogen) atoms. The molecule has 7 nitrogen and oxygen atoms in total. The maximum atomic E-state index is 12.7. The first-order valence-electron chi connectivity index (χ1n) is 8.13. The summed E-state index contributed by atoms with van der Waals surface area (Å²) in [6.45, 7) is 2.72. The summed E-state index contributed by atoms with van der Waals surface area (Å²) < 4.78 is 1.67. The van der Waals surface area contributed by atoms with Crippen molar-refractivity contribution in [2.45, 2.75) is 26.2 Å². The normalized spacial score (nSPS) is 17.7. The van der Waals surface area contributed by atoms with Gasteiger partial charge in [0.15, 0.2) is 0 Å². The monoisotopic (exact) mass is 328 g/mol. The Morgan fingerprint density at radius 3 is 2.71 bits per heavy atom. The Hall–Kier alpha value is -2.70. The largest absolute Gasteiger partial charge is 0.481 e. The zero-order valence-electron chi connectivity index (χ0n) is 13.6. The Kier molecular flexibility index (Phi) is 4.59. The highest BCUT2D eigenvalue weighted by Gasteiger charge is 2.30. The predicted molar refractivity (Wildman–Crippen MR) is 87.0 cm³/mol. The predicted octanol–water partition coefficient (Wildman–Crippen LogP) is 1.77. The number of hydrogen-bond acceptors (Lipinski definition) is 4. The van der Waals surface area contributed by atoms with Crippen LogP contribution in [0.2, 0.25) is 0 Å². The molecule has 1 fully saturated rings. The van der Waals surface area contributed by atoms with Gasteiger partial charge in [-0.2, -0.15) is 0 Å². The molecule has 1 aliphatic rings. The Labute approximate surface area is 139 Å².